The van der Waals surface area contributed by atoms with E-state index in [1.54, 1.807) is 37.3 Å². The molecule has 0 fully saturated rings. The van der Waals surface area contributed by atoms with Gasteiger partial charge in [0.1, 0.15) is 16.9 Å². The first-order valence-corrected chi connectivity index (χ1v) is 8.13. The van der Waals surface area contributed by atoms with Gasteiger partial charge >= 0.3 is 6.18 Å². The molecule has 0 spiro atoms. The first-order valence-electron chi connectivity index (χ1n) is 7.75. The van der Waals surface area contributed by atoms with Crippen LogP contribution in [0.1, 0.15) is 28.7 Å². The van der Waals surface area contributed by atoms with Gasteiger partial charge in [-0.15, -0.1) is 0 Å². The van der Waals surface area contributed by atoms with E-state index in [0.717, 1.165) is 6.07 Å². The van der Waals surface area contributed by atoms with Crippen LogP contribution in [0.4, 0.5) is 13.2 Å². The summed E-state index contributed by atoms with van der Waals surface area (Å²) in [5, 5.41) is 3.58. The molecule has 9 heteroatoms. The van der Waals surface area contributed by atoms with Gasteiger partial charge in [0.2, 0.25) is 5.88 Å². The van der Waals surface area contributed by atoms with Crippen LogP contribution in [0.25, 0.3) is 0 Å². The third-order valence-corrected chi connectivity index (χ3v) is 3.95. The lowest BCUT2D eigenvalue weighted by atomic mass is 10.1. The van der Waals surface area contributed by atoms with Gasteiger partial charge in [-0.25, -0.2) is 4.98 Å². The Morgan fingerprint density at radius 2 is 1.93 bits per heavy atom. The average Bonchev–Trinajstić information content (AvgIpc) is 3.04. The Bertz CT molecular complexity index is 944. The number of hydrogen-bond acceptors (Lipinski definition) is 5. The molecule has 1 aromatic carbocycles. The molecular weight excluding hydrogens is 385 g/mol. The summed E-state index contributed by atoms with van der Waals surface area (Å²) in [6, 6.07) is 9.31. The summed E-state index contributed by atoms with van der Waals surface area (Å²) in [5.41, 5.74) is 0.298. The minimum absolute atomic E-state index is 0.152. The first-order chi connectivity index (χ1) is 12.8. The van der Waals surface area contributed by atoms with Crippen LogP contribution >= 0.6 is 11.6 Å². The summed E-state index contributed by atoms with van der Waals surface area (Å²) >= 11 is 5.92. The van der Waals surface area contributed by atoms with E-state index < -0.39 is 17.8 Å². The molecule has 2 heterocycles. The maximum atomic E-state index is 12.8. The van der Waals surface area contributed by atoms with Gasteiger partial charge in [0.05, 0.1) is 11.3 Å². The zero-order valence-corrected chi connectivity index (χ0v) is 15.0. The molecule has 142 valence electrons. The second-order valence-corrected chi connectivity index (χ2v) is 6.04. The molecule has 1 unspecified atom stereocenters. The molecule has 0 radical (unpaired) electrons. The minimum atomic E-state index is -4.54. The van der Waals surface area contributed by atoms with Crippen molar-refractivity contribution in [3.8, 4) is 11.6 Å². The normalized spacial score (nSPS) is 12.8. The van der Waals surface area contributed by atoms with Crippen LogP contribution in [0, 0.1) is 6.92 Å². The second kappa shape index (κ2) is 7.58. The molecule has 0 N–H and O–H groups in total. The smallest absolute Gasteiger partial charge is 0.417 e. The topological polar surface area (TPSA) is 57.4 Å². The number of benzene rings is 1. The highest BCUT2D eigenvalue weighted by Gasteiger charge is 2.32. The number of para-hydroxylation sites is 1. The highest BCUT2D eigenvalue weighted by molar-refractivity contribution is 6.31. The van der Waals surface area contributed by atoms with Crippen molar-refractivity contribution >= 4 is 11.6 Å². The molecule has 5 nitrogen and oxygen atoms in total. The van der Waals surface area contributed by atoms with Crippen LogP contribution in [0.3, 0.4) is 0 Å². The number of halogens is 4. The van der Waals surface area contributed by atoms with Crippen LogP contribution in [0.15, 0.2) is 47.1 Å². The first kappa shape index (κ1) is 19.2. The largest absolute Gasteiger partial charge is 0.437 e. The van der Waals surface area contributed by atoms with Crippen LogP contribution in [-0.2, 0) is 10.9 Å². The molecule has 2 aromatic heterocycles. The fourth-order valence-corrected chi connectivity index (χ4v) is 2.66. The zero-order valence-electron chi connectivity index (χ0n) is 14.2. The Balaban J connectivity index is 1.95. The van der Waals surface area contributed by atoms with Crippen LogP contribution in [0.2, 0.25) is 5.02 Å². The van der Waals surface area contributed by atoms with E-state index in [1.165, 1.54) is 7.11 Å². The van der Waals surface area contributed by atoms with Crippen LogP contribution in [-0.4, -0.2) is 17.3 Å². The lowest BCUT2D eigenvalue weighted by molar-refractivity contribution is -0.137. The van der Waals surface area contributed by atoms with Crippen molar-refractivity contribution in [1.29, 1.82) is 0 Å². The molecule has 3 aromatic rings. The Morgan fingerprint density at radius 3 is 2.52 bits per heavy atom. The molecule has 0 saturated heterocycles. The van der Waals surface area contributed by atoms with Gasteiger partial charge < -0.3 is 14.0 Å². The Hall–Kier alpha value is -2.58. The Labute approximate surface area is 157 Å². The summed E-state index contributed by atoms with van der Waals surface area (Å²) in [6.45, 7) is 1.77. The van der Waals surface area contributed by atoms with E-state index in [9.17, 15) is 13.2 Å². The van der Waals surface area contributed by atoms with Gasteiger partial charge in [-0.05, 0) is 19.1 Å². The molecule has 0 amide bonds. The number of aromatic nitrogens is 2. The van der Waals surface area contributed by atoms with Gasteiger partial charge in [0.25, 0.3) is 0 Å². The van der Waals surface area contributed by atoms with E-state index in [1.807, 2.05) is 0 Å². The zero-order chi connectivity index (χ0) is 19.6. The molecular formula is C18H14ClF3N2O3. The Kier molecular flexibility index (Phi) is 5.38. The van der Waals surface area contributed by atoms with E-state index >= 15 is 0 Å². The SMILES string of the molecule is COC(c1cc(C)no1)c1ccccc1Oc1ncc(C(F)(F)F)cc1Cl. The van der Waals surface area contributed by atoms with E-state index in [4.69, 9.17) is 25.6 Å². The van der Waals surface area contributed by atoms with Crippen molar-refractivity contribution in [2.24, 2.45) is 0 Å². The highest BCUT2D eigenvalue weighted by Crippen LogP contribution is 2.38. The quantitative estimate of drug-likeness (QED) is 0.561. The summed E-state index contributed by atoms with van der Waals surface area (Å²) in [5.74, 6) is 0.616. The third-order valence-electron chi connectivity index (χ3n) is 3.68. The van der Waals surface area contributed by atoms with Crippen molar-refractivity contribution in [2.45, 2.75) is 19.2 Å². The number of pyridine rings is 1. The standard InChI is InChI=1S/C18H14ClF3N2O3/c1-10-7-15(27-24-10)16(25-2)12-5-3-4-6-14(12)26-17-13(19)8-11(9-23-17)18(20,21)22/h3-9,16H,1-2H3. The maximum absolute atomic E-state index is 12.8. The maximum Gasteiger partial charge on any atom is 0.417 e. The lowest BCUT2D eigenvalue weighted by Gasteiger charge is -2.17. The number of hydrogen-bond donors (Lipinski definition) is 0. The summed E-state index contributed by atoms with van der Waals surface area (Å²) in [7, 11) is 1.49. The molecule has 0 aliphatic heterocycles. The van der Waals surface area contributed by atoms with Gasteiger partial charge in [0, 0.05) is 24.9 Å². The van der Waals surface area contributed by atoms with Crippen molar-refractivity contribution in [1.82, 2.24) is 10.1 Å². The minimum Gasteiger partial charge on any atom is -0.437 e. The van der Waals surface area contributed by atoms with E-state index in [0.29, 0.717) is 29.0 Å². The number of nitrogens with zero attached hydrogens (tertiary/aromatic N) is 2. The number of ether oxygens (including phenoxy) is 2. The summed E-state index contributed by atoms with van der Waals surface area (Å²) in [4.78, 5) is 3.69. The number of methoxy groups -OCH3 is 1. The summed E-state index contributed by atoms with van der Waals surface area (Å²) in [6.07, 6.45) is -4.51. The van der Waals surface area contributed by atoms with Gasteiger partial charge in [-0.3, -0.25) is 0 Å². The number of aryl methyl sites for hydroxylation is 1. The van der Waals surface area contributed by atoms with E-state index in [-0.39, 0.29) is 10.9 Å². The predicted octanol–water partition coefficient (Wildman–Crippen LogP) is 5.58. The van der Waals surface area contributed by atoms with Crippen LogP contribution < -0.4 is 4.74 Å². The molecule has 3 rings (SSSR count). The molecule has 0 aliphatic rings. The number of rotatable bonds is 5. The monoisotopic (exact) mass is 398 g/mol. The second-order valence-electron chi connectivity index (χ2n) is 5.64. The predicted molar refractivity (Wildman–Crippen MR) is 90.9 cm³/mol. The molecule has 0 aliphatic carbocycles. The van der Waals surface area contributed by atoms with Crippen molar-refractivity contribution in [3.05, 3.63) is 70.2 Å². The van der Waals surface area contributed by atoms with E-state index in [2.05, 4.69) is 10.1 Å². The van der Waals surface area contributed by atoms with Gasteiger partial charge in [-0.1, -0.05) is 35.0 Å². The average molecular weight is 399 g/mol. The van der Waals surface area contributed by atoms with Gasteiger partial charge in [-0.2, -0.15) is 13.2 Å². The Morgan fingerprint density at radius 1 is 1.19 bits per heavy atom. The molecule has 0 saturated carbocycles. The highest BCUT2D eigenvalue weighted by atomic mass is 35.5. The summed E-state index contributed by atoms with van der Waals surface area (Å²) < 4.78 is 54.7. The molecule has 0 bridgehead atoms. The fraction of sp³-hybridized carbons (Fsp3) is 0.222. The molecule has 27 heavy (non-hydrogen) atoms. The van der Waals surface area contributed by atoms with Crippen molar-refractivity contribution in [3.63, 3.8) is 0 Å². The fourth-order valence-electron chi connectivity index (χ4n) is 2.45. The molecule has 1 atom stereocenters. The van der Waals surface area contributed by atoms with Crippen molar-refractivity contribution in [2.75, 3.05) is 7.11 Å². The third kappa shape index (κ3) is 4.23. The lowest BCUT2D eigenvalue weighted by Crippen LogP contribution is -2.07. The van der Waals surface area contributed by atoms with Gasteiger partial charge in [0.15, 0.2) is 5.76 Å². The van der Waals surface area contributed by atoms with Crippen LogP contribution in [0.5, 0.6) is 11.6 Å². The van der Waals surface area contributed by atoms with Crippen molar-refractivity contribution < 1.29 is 27.2 Å². The number of alkyl halides is 3.